The molecule has 16 atom stereocenters. The average molecular weight is 1470 g/mol. The second-order valence-corrected chi connectivity index (χ2v) is 32.6. The topological polar surface area (TPSA) is 292 Å². The van der Waals surface area contributed by atoms with Crippen molar-refractivity contribution < 1.29 is 114 Å². The summed E-state index contributed by atoms with van der Waals surface area (Å²) in [5, 5.41) is 16.2. The number of amides is 1. The molecule has 0 aromatic heterocycles. The fourth-order valence-electron chi connectivity index (χ4n) is 12.4. The van der Waals surface area contributed by atoms with Crippen molar-refractivity contribution in [2.24, 2.45) is 0 Å². The maximum absolute atomic E-state index is 15.5. The summed E-state index contributed by atoms with van der Waals surface area (Å²) >= 11 is 0. The van der Waals surface area contributed by atoms with Crippen LogP contribution in [-0.4, -0.2) is 187 Å². The largest absolute Gasteiger partial charge is 0.465 e. The van der Waals surface area contributed by atoms with Crippen molar-refractivity contribution in [1.82, 2.24) is 5.32 Å². The van der Waals surface area contributed by atoms with Gasteiger partial charge in [0.1, 0.15) is 74.3 Å². The van der Waals surface area contributed by atoms with Crippen LogP contribution in [0.4, 0.5) is 0 Å². The zero-order chi connectivity index (χ0) is 74.7. The molecule has 6 aromatic carbocycles. The Balaban J connectivity index is 1.21. The standard InChI is InChI=1S/C79H97NO24Si/c1-52(81)93-50-65(98-54(3)83)69(99-55(4)84)71-67(80-66(85)51-91-44-58-31-19-11-20-32-58)62(97-53(2)82)41-79(103-71,78(87)88-5)104-72-68(86)63(48-89-42-56-27-15-9-16-28-56)100-77(74(72)95-46-60-35-23-13-24-36-60)102-70-64(49-90-43-57-29-17-10-18-30-57)101-76(92-39-40-105(6,7)8)75(96-47-61-37-25-14-26-38-61)73(70)94-45-59-33-21-12-22-34-59/h9-38,62-65,67-77,86H,39-51H2,1-8H3,(H,80,85)/t62-,63+,64+,65+,67+,68-,69+,70+,71+,72-,73-,74+,75+,76+,77-,79-/m0/s1. The number of nitrogens with one attached hydrogen (secondary N) is 1. The van der Waals surface area contributed by atoms with E-state index in [1.165, 1.54) is 0 Å². The van der Waals surface area contributed by atoms with Gasteiger partial charge in [-0.05, 0) is 39.4 Å². The Hall–Kier alpha value is -8.16. The average Bonchev–Trinajstić information content (AvgIpc) is 0.744. The summed E-state index contributed by atoms with van der Waals surface area (Å²) in [6.45, 7) is 9.34. The van der Waals surface area contributed by atoms with Gasteiger partial charge in [-0.3, -0.25) is 24.0 Å². The van der Waals surface area contributed by atoms with E-state index in [1.54, 1.807) is 48.5 Å². The first-order chi connectivity index (χ1) is 50.6. The van der Waals surface area contributed by atoms with Gasteiger partial charge in [-0.15, -0.1) is 0 Å². The lowest BCUT2D eigenvalue weighted by Crippen LogP contribution is -2.72. The number of methoxy groups -OCH3 is 1. The van der Waals surface area contributed by atoms with Crippen LogP contribution in [0, 0.1) is 0 Å². The van der Waals surface area contributed by atoms with Crippen molar-refractivity contribution in [3.8, 4) is 0 Å². The highest BCUT2D eigenvalue weighted by atomic mass is 28.3. The lowest BCUT2D eigenvalue weighted by Gasteiger charge is -2.52. The Morgan fingerprint density at radius 1 is 0.524 bits per heavy atom. The third kappa shape index (κ3) is 25.0. The summed E-state index contributed by atoms with van der Waals surface area (Å²) in [6, 6.07) is 55.0. The number of aliphatic hydroxyl groups excluding tert-OH is 1. The summed E-state index contributed by atoms with van der Waals surface area (Å²) in [6.07, 6.45) is -22.7. The van der Waals surface area contributed by atoms with Gasteiger partial charge in [0.05, 0.1) is 72.4 Å². The van der Waals surface area contributed by atoms with Crippen LogP contribution < -0.4 is 5.32 Å². The van der Waals surface area contributed by atoms with Gasteiger partial charge in [-0.2, -0.15) is 0 Å². The van der Waals surface area contributed by atoms with E-state index in [2.05, 4.69) is 25.0 Å². The number of carbonyl (C=O) groups is 6. The van der Waals surface area contributed by atoms with Crippen LogP contribution in [0.3, 0.4) is 0 Å². The Morgan fingerprint density at radius 2 is 0.971 bits per heavy atom. The van der Waals surface area contributed by atoms with Gasteiger partial charge in [-0.25, -0.2) is 4.79 Å². The first-order valence-electron chi connectivity index (χ1n) is 35.1. The van der Waals surface area contributed by atoms with E-state index in [0.29, 0.717) is 12.2 Å². The van der Waals surface area contributed by atoms with Crippen LogP contribution in [0.15, 0.2) is 182 Å². The molecule has 3 saturated heterocycles. The third-order valence-electron chi connectivity index (χ3n) is 17.4. The van der Waals surface area contributed by atoms with Crippen molar-refractivity contribution in [3.63, 3.8) is 0 Å². The number of benzene rings is 6. The molecule has 566 valence electrons. The van der Waals surface area contributed by atoms with E-state index < -0.39 is 161 Å². The lowest BCUT2D eigenvalue weighted by atomic mass is 9.87. The minimum Gasteiger partial charge on any atom is -0.465 e. The SMILES string of the molecule is COC(=O)[C@@]1(O[C@H]2[C@@H](O)[C@@H](COCc3ccccc3)O[C@@H](O[C@H]3[C@H](OCc4ccccc4)[C@@H](OCc4ccccc4)[C@H](OCC[Si](C)(C)C)O[C@@H]3COCc3ccccc3)[C@@H]2OCc2ccccc2)C[C@H](OC(C)=O)[C@@H](NC(=O)COCc2ccccc2)[C@H]([C@H](OC(C)=O)[C@@H](COC(C)=O)OC(C)=O)O1. The first-order valence-corrected chi connectivity index (χ1v) is 38.8. The van der Waals surface area contributed by atoms with Crippen LogP contribution in [0.1, 0.15) is 67.5 Å². The molecule has 105 heavy (non-hydrogen) atoms. The van der Waals surface area contributed by atoms with Gasteiger partial charge in [0.15, 0.2) is 24.8 Å². The molecule has 2 N–H and O–H groups in total. The number of aliphatic hydroxyl groups is 1. The van der Waals surface area contributed by atoms with Crippen molar-refractivity contribution in [3.05, 3.63) is 215 Å². The number of hydrogen-bond acceptors (Lipinski definition) is 24. The van der Waals surface area contributed by atoms with Crippen LogP contribution in [0.25, 0.3) is 0 Å². The Morgan fingerprint density at radius 3 is 1.43 bits per heavy atom. The quantitative estimate of drug-likeness (QED) is 0.0208. The minimum absolute atomic E-state index is 0.0172. The number of hydrogen-bond donors (Lipinski definition) is 2. The molecule has 3 aliphatic heterocycles. The van der Waals surface area contributed by atoms with Crippen LogP contribution in [-0.2, 0) is 149 Å². The van der Waals surface area contributed by atoms with Crippen molar-refractivity contribution in [1.29, 1.82) is 0 Å². The molecule has 3 aliphatic rings. The maximum atomic E-state index is 15.5. The van der Waals surface area contributed by atoms with Crippen LogP contribution >= 0.6 is 0 Å². The Labute approximate surface area is 613 Å². The molecule has 6 aromatic rings. The summed E-state index contributed by atoms with van der Waals surface area (Å²) < 4.78 is 112. The molecule has 0 saturated carbocycles. The number of carbonyl (C=O) groups excluding carboxylic acids is 6. The number of ether oxygens (including phenoxy) is 17. The summed E-state index contributed by atoms with van der Waals surface area (Å²) in [5.74, 6) is -8.89. The smallest absolute Gasteiger partial charge is 0.366 e. The molecule has 9 rings (SSSR count). The van der Waals surface area contributed by atoms with Gasteiger partial charge >= 0.3 is 29.8 Å². The molecular formula is C79H97NO24Si. The molecular weight excluding hydrogens is 1370 g/mol. The van der Waals surface area contributed by atoms with Gasteiger partial charge < -0.3 is 90.9 Å². The molecule has 0 spiro atoms. The zero-order valence-corrected chi connectivity index (χ0v) is 61.5. The van der Waals surface area contributed by atoms with E-state index in [1.807, 2.05) is 133 Å². The second kappa shape index (κ2) is 40.5. The number of esters is 5. The van der Waals surface area contributed by atoms with Gasteiger partial charge in [0.25, 0.3) is 5.79 Å². The molecule has 3 fully saturated rings. The molecule has 1 amide bonds. The van der Waals surface area contributed by atoms with E-state index in [-0.39, 0.29) is 52.9 Å². The van der Waals surface area contributed by atoms with Crippen molar-refractivity contribution in [2.45, 2.75) is 197 Å². The molecule has 0 bridgehead atoms. The van der Waals surface area contributed by atoms with Crippen molar-refractivity contribution in [2.75, 3.05) is 40.1 Å². The van der Waals surface area contributed by atoms with Crippen molar-refractivity contribution >= 4 is 43.8 Å². The minimum atomic E-state index is -2.96. The maximum Gasteiger partial charge on any atom is 0.366 e. The molecule has 26 heteroatoms. The van der Waals surface area contributed by atoms with Gasteiger partial charge in [0, 0.05) is 42.4 Å². The fraction of sp³-hybridized carbons (Fsp3) is 0.468. The predicted molar refractivity (Wildman–Crippen MR) is 380 cm³/mol. The zero-order valence-electron chi connectivity index (χ0n) is 60.5. The molecule has 0 aliphatic carbocycles. The first kappa shape index (κ1) is 80.9. The molecule has 0 radical (unpaired) electrons. The second-order valence-electron chi connectivity index (χ2n) is 27.0. The normalized spacial score (nSPS) is 25.2. The molecule has 3 heterocycles. The predicted octanol–water partition coefficient (Wildman–Crippen LogP) is 8.83. The third-order valence-corrected chi connectivity index (χ3v) is 19.1. The monoisotopic (exact) mass is 1470 g/mol. The van der Waals surface area contributed by atoms with E-state index in [9.17, 15) is 29.1 Å². The Bertz CT molecular complexity index is 3620. The summed E-state index contributed by atoms with van der Waals surface area (Å²) in [7, 11) is -0.713. The van der Waals surface area contributed by atoms with E-state index in [4.69, 9.17) is 80.5 Å². The summed E-state index contributed by atoms with van der Waals surface area (Å²) in [4.78, 5) is 83.0. The molecule has 0 unspecified atom stereocenters. The van der Waals surface area contributed by atoms with Gasteiger partial charge in [0.2, 0.25) is 5.91 Å². The van der Waals surface area contributed by atoms with E-state index in [0.717, 1.165) is 68.7 Å². The highest BCUT2D eigenvalue weighted by Gasteiger charge is 2.63. The highest BCUT2D eigenvalue weighted by molar-refractivity contribution is 6.76. The van der Waals surface area contributed by atoms with Crippen LogP contribution in [0.2, 0.25) is 25.7 Å². The Kier molecular flexibility index (Phi) is 31.2. The highest BCUT2D eigenvalue weighted by Crippen LogP contribution is 2.42. The lowest BCUT2D eigenvalue weighted by molar-refractivity contribution is -0.395. The van der Waals surface area contributed by atoms with Gasteiger partial charge in [-0.1, -0.05) is 202 Å². The number of rotatable bonds is 38. The fourth-order valence-corrected chi connectivity index (χ4v) is 13.1. The van der Waals surface area contributed by atoms with E-state index >= 15 is 4.79 Å². The summed E-state index contributed by atoms with van der Waals surface area (Å²) in [5.41, 5.74) is 4.61. The molecule has 25 nitrogen and oxygen atoms in total. The van der Waals surface area contributed by atoms with Crippen LogP contribution in [0.5, 0.6) is 0 Å².